The van der Waals surface area contributed by atoms with E-state index in [0.717, 1.165) is 31.5 Å². The molecule has 4 amide bonds. The van der Waals surface area contributed by atoms with Gasteiger partial charge >= 0.3 is 6.03 Å². The van der Waals surface area contributed by atoms with E-state index in [-0.39, 0.29) is 23.3 Å². The van der Waals surface area contributed by atoms with Crippen LogP contribution in [0.1, 0.15) is 42.4 Å². The van der Waals surface area contributed by atoms with Crippen LogP contribution in [0.15, 0.2) is 18.2 Å². The van der Waals surface area contributed by atoms with Crippen molar-refractivity contribution < 1.29 is 14.4 Å². The molecule has 4 heterocycles. The Morgan fingerprint density at radius 1 is 1.06 bits per heavy atom. The topological polar surface area (TPSA) is 77.1 Å². The van der Waals surface area contributed by atoms with E-state index in [2.05, 4.69) is 4.98 Å². The SMILES string of the molecule is CCN1CC[C@]2(CN(C(=O)N(C)C)CC23CCN(C(=O)c2cccc(C)n2)CC3)C1=O. The second kappa shape index (κ2) is 7.80. The third-order valence-electron chi connectivity index (χ3n) is 7.62. The summed E-state index contributed by atoms with van der Waals surface area (Å²) < 4.78 is 0. The van der Waals surface area contributed by atoms with E-state index in [4.69, 9.17) is 0 Å². The van der Waals surface area contributed by atoms with Crippen LogP contribution in [0.5, 0.6) is 0 Å². The van der Waals surface area contributed by atoms with Crippen LogP contribution in [0.2, 0.25) is 0 Å². The van der Waals surface area contributed by atoms with Crippen molar-refractivity contribution in [2.75, 3.05) is 53.4 Å². The van der Waals surface area contributed by atoms with Crippen LogP contribution in [0, 0.1) is 17.8 Å². The summed E-state index contributed by atoms with van der Waals surface area (Å²) >= 11 is 0. The molecule has 0 bridgehead atoms. The van der Waals surface area contributed by atoms with E-state index in [9.17, 15) is 14.4 Å². The monoisotopic (exact) mass is 427 g/mol. The van der Waals surface area contributed by atoms with Crippen molar-refractivity contribution in [1.82, 2.24) is 24.6 Å². The first kappa shape index (κ1) is 21.6. The smallest absolute Gasteiger partial charge is 0.319 e. The molecule has 3 saturated heterocycles. The maximum Gasteiger partial charge on any atom is 0.319 e. The predicted molar refractivity (Wildman–Crippen MR) is 117 cm³/mol. The minimum Gasteiger partial charge on any atom is -0.342 e. The first-order chi connectivity index (χ1) is 14.7. The predicted octanol–water partition coefficient (Wildman–Crippen LogP) is 1.85. The molecule has 0 N–H and O–H groups in total. The molecule has 2 spiro atoms. The van der Waals surface area contributed by atoms with E-state index < -0.39 is 5.41 Å². The van der Waals surface area contributed by atoms with E-state index in [1.807, 2.05) is 40.7 Å². The van der Waals surface area contributed by atoms with E-state index in [1.165, 1.54) is 0 Å². The molecule has 31 heavy (non-hydrogen) atoms. The molecule has 3 aliphatic heterocycles. The fourth-order valence-corrected chi connectivity index (χ4v) is 5.86. The number of fused-ring (bicyclic) bond motifs is 1. The maximum absolute atomic E-state index is 13.5. The first-order valence-corrected chi connectivity index (χ1v) is 11.2. The summed E-state index contributed by atoms with van der Waals surface area (Å²) in [5.74, 6) is 0.129. The molecule has 8 nitrogen and oxygen atoms in total. The molecule has 3 fully saturated rings. The van der Waals surface area contributed by atoms with Gasteiger partial charge in [-0.1, -0.05) is 6.07 Å². The fraction of sp³-hybridized carbons (Fsp3) is 0.652. The lowest BCUT2D eigenvalue weighted by Gasteiger charge is -2.46. The molecular weight excluding hydrogens is 394 g/mol. The second-order valence-corrected chi connectivity index (χ2v) is 9.49. The van der Waals surface area contributed by atoms with Crippen molar-refractivity contribution in [3.63, 3.8) is 0 Å². The van der Waals surface area contributed by atoms with Gasteiger partial charge in [-0.15, -0.1) is 0 Å². The molecule has 1 atom stereocenters. The Kier molecular flexibility index (Phi) is 5.43. The van der Waals surface area contributed by atoms with Crippen LogP contribution in [0.25, 0.3) is 0 Å². The molecular formula is C23H33N5O3. The lowest BCUT2D eigenvalue weighted by Crippen LogP contribution is -2.53. The van der Waals surface area contributed by atoms with E-state index in [0.29, 0.717) is 38.4 Å². The molecule has 3 aliphatic rings. The van der Waals surface area contributed by atoms with Crippen molar-refractivity contribution in [2.24, 2.45) is 10.8 Å². The summed E-state index contributed by atoms with van der Waals surface area (Å²) in [4.78, 5) is 51.0. The van der Waals surface area contributed by atoms with Gasteiger partial charge in [-0.3, -0.25) is 9.59 Å². The van der Waals surface area contributed by atoms with Gasteiger partial charge in [0.05, 0.1) is 5.41 Å². The molecule has 0 saturated carbocycles. The summed E-state index contributed by atoms with van der Waals surface area (Å²) in [6, 6.07) is 5.45. The summed E-state index contributed by atoms with van der Waals surface area (Å²) in [5, 5.41) is 0. The highest BCUT2D eigenvalue weighted by molar-refractivity contribution is 5.92. The third kappa shape index (κ3) is 3.36. The average Bonchev–Trinajstić information content (AvgIpc) is 3.25. The number of hydrogen-bond acceptors (Lipinski definition) is 4. The zero-order valence-electron chi connectivity index (χ0n) is 19.1. The maximum atomic E-state index is 13.5. The number of nitrogens with zero attached hydrogens (tertiary/aromatic N) is 5. The first-order valence-electron chi connectivity index (χ1n) is 11.2. The minimum absolute atomic E-state index is 0.0403. The number of urea groups is 1. The molecule has 0 radical (unpaired) electrons. The lowest BCUT2D eigenvalue weighted by molar-refractivity contribution is -0.141. The number of pyridine rings is 1. The zero-order valence-corrected chi connectivity index (χ0v) is 19.1. The number of rotatable bonds is 2. The fourth-order valence-electron chi connectivity index (χ4n) is 5.86. The molecule has 168 valence electrons. The normalized spacial score (nSPS) is 25.0. The lowest BCUT2D eigenvalue weighted by atomic mass is 9.60. The highest BCUT2D eigenvalue weighted by Gasteiger charge is 2.66. The number of amides is 4. The average molecular weight is 428 g/mol. The Balaban J connectivity index is 1.58. The largest absolute Gasteiger partial charge is 0.342 e. The molecule has 8 heteroatoms. The van der Waals surface area contributed by atoms with Gasteiger partial charge in [-0.2, -0.15) is 0 Å². The van der Waals surface area contributed by atoms with Crippen molar-refractivity contribution >= 4 is 17.8 Å². The number of aryl methyl sites for hydroxylation is 1. The zero-order chi connectivity index (χ0) is 22.4. The number of aromatic nitrogens is 1. The van der Waals surface area contributed by atoms with Crippen molar-refractivity contribution in [3.05, 3.63) is 29.6 Å². The number of hydrogen-bond donors (Lipinski definition) is 0. The summed E-state index contributed by atoms with van der Waals surface area (Å²) in [6.07, 6.45) is 2.24. The van der Waals surface area contributed by atoms with Crippen molar-refractivity contribution in [1.29, 1.82) is 0 Å². The Bertz CT molecular complexity index is 893. The van der Waals surface area contributed by atoms with E-state index >= 15 is 0 Å². The second-order valence-electron chi connectivity index (χ2n) is 9.49. The number of piperidine rings is 1. The molecule has 1 aromatic rings. The molecule has 4 rings (SSSR count). The van der Waals surface area contributed by atoms with Gasteiger partial charge < -0.3 is 19.6 Å². The third-order valence-corrected chi connectivity index (χ3v) is 7.62. The van der Waals surface area contributed by atoms with Gasteiger partial charge in [0.25, 0.3) is 5.91 Å². The van der Waals surface area contributed by atoms with Crippen LogP contribution >= 0.6 is 0 Å². The minimum atomic E-state index is -0.536. The standard InChI is InChI=1S/C23H33N5O3/c1-5-26-14-11-23(20(26)30)16-28(21(31)25(3)4)15-22(23)9-12-27(13-10-22)19(29)18-8-6-7-17(2)24-18/h6-8H,5,9-16H2,1-4H3/t23-/m0/s1. The number of carbonyl (C=O) groups is 3. The highest BCUT2D eigenvalue weighted by Crippen LogP contribution is 2.58. The van der Waals surface area contributed by atoms with E-state index in [1.54, 1.807) is 25.1 Å². The molecule has 0 aliphatic carbocycles. The van der Waals surface area contributed by atoms with Crippen LogP contribution in [0.3, 0.4) is 0 Å². The highest BCUT2D eigenvalue weighted by atomic mass is 16.2. The Morgan fingerprint density at radius 3 is 2.35 bits per heavy atom. The number of likely N-dealkylation sites (tertiary alicyclic amines) is 3. The van der Waals surface area contributed by atoms with Gasteiger partial charge in [0.2, 0.25) is 5.91 Å². The molecule has 0 unspecified atom stereocenters. The van der Waals surface area contributed by atoms with Crippen molar-refractivity contribution in [2.45, 2.75) is 33.1 Å². The Hall–Kier alpha value is -2.64. The van der Waals surface area contributed by atoms with Gasteiger partial charge in [0.1, 0.15) is 5.69 Å². The number of carbonyl (C=O) groups excluding carboxylic acids is 3. The van der Waals surface area contributed by atoms with Gasteiger partial charge in [-0.05, 0) is 45.2 Å². The van der Waals surface area contributed by atoms with Crippen LogP contribution in [-0.4, -0.2) is 95.8 Å². The van der Waals surface area contributed by atoms with Crippen LogP contribution in [0.4, 0.5) is 4.79 Å². The van der Waals surface area contributed by atoms with Gasteiger partial charge in [-0.25, -0.2) is 9.78 Å². The molecule has 1 aromatic heterocycles. The summed E-state index contributed by atoms with van der Waals surface area (Å²) in [7, 11) is 3.51. The van der Waals surface area contributed by atoms with Gasteiger partial charge in [0, 0.05) is 64.5 Å². The summed E-state index contributed by atoms with van der Waals surface area (Å²) in [6.45, 7) is 7.56. The summed E-state index contributed by atoms with van der Waals surface area (Å²) in [5.41, 5.74) is 0.473. The molecule has 0 aromatic carbocycles. The van der Waals surface area contributed by atoms with Crippen molar-refractivity contribution in [3.8, 4) is 0 Å². The van der Waals surface area contributed by atoms with Crippen LogP contribution in [-0.2, 0) is 4.79 Å². The Morgan fingerprint density at radius 2 is 1.77 bits per heavy atom. The van der Waals surface area contributed by atoms with Gasteiger partial charge in [0.15, 0.2) is 0 Å². The van der Waals surface area contributed by atoms with Crippen LogP contribution < -0.4 is 0 Å². The quantitative estimate of drug-likeness (QED) is 0.722. The Labute approximate surface area is 184 Å².